The molecule has 0 radical (unpaired) electrons. The van der Waals surface area contributed by atoms with Crippen molar-refractivity contribution in [1.82, 2.24) is 15.0 Å². The molecule has 5 heteroatoms. The molecule has 23 heavy (non-hydrogen) atoms. The van der Waals surface area contributed by atoms with Crippen LogP contribution in [0.5, 0.6) is 0 Å². The van der Waals surface area contributed by atoms with Gasteiger partial charge in [-0.15, -0.1) is 17.8 Å². The van der Waals surface area contributed by atoms with Crippen molar-refractivity contribution < 1.29 is 0 Å². The molecule has 4 rings (SSSR count). The molecule has 3 heterocycles. The Balaban J connectivity index is 1.84. The summed E-state index contributed by atoms with van der Waals surface area (Å²) in [7, 11) is 0. The standard InChI is InChI=1S/C18H12N4S/c1-2-12-5-3-6-13(9-12)22-18-16-14(15-7-4-8-23-15)10-19-17(16)20-11-21-18/h1,3-11H,(H2,19,20,21,22). The van der Waals surface area contributed by atoms with E-state index in [-0.39, 0.29) is 0 Å². The lowest BCUT2D eigenvalue weighted by molar-refractivity contribution is 1.20. The zero-order valence-corrected chi connectivity index (χ0v) is 12.9. The molecule has 2 N–H and O–H groups in total. The number of terminal acetylenes is 1. The molecule has 0 amide bonds. The molecule has 0 fully saturated rings. The minimum absolute atomic E-state index is 0.758. The molecule has 4 nitrogen and oxygen atoms in total. The van der Waals surface area contributed by atoms with Crippen LogP contribution >= 0.6 is 11.3 Å². The van der Waals surface area contributed by atoms with Crippen molar-refractivity contribution in [3.8, 4) is 22.8 Å². The van der Waals surface area contributed by atoms with Gasteiger partial charge in [-0.05, 0) is 29.6 Å². The van der Waals surface area contributed by atoms with Crippen LogP contribution in [0.2, 0.25) is 0 Å². The highest BCUT2D eigenvalue weighted by Gasteiger charge is 2.13. The van der Waals surface area contributed by atoms with Gasteiger partial charge in [0.1, 0.15) is 17.8 Å². The number of rotatable bonds is 3. The number of hydrogen-bond donors (Lipinski definition) is 2. The summed E-state index contributed by atoms with van der Waals surface area (Å²) < 4.78 is 0. The third kappa shape index (κ3) is 2.45. The summed E-state index contributed by atoms with van der Waals surface area (Å²) in [6.07, 6.45) is 8.98. The van der Waals surface area contributed by atoms with Gasteiger partial charge in [-0.1, -0.05) is 18.1 Å². The third-order valence-corrected chi connectivity index (χ3v) is 4.45. The van der Waals surface area contributed by atoms with Crippen molar-refractivity contribution in [3.05, 3.63) is 59.9 Å². The predicted octanol–water partition coefficient (Wildman–Crippen LogP) is 4.41. The van der Waals surface area contributed by atoms with E-state index in [9.17, 15) is 0 Å². The number of aromatic amines is 1. The second kappa shape index (κ2) is 5.59. The van der Waals surface area contributed by atoms with Gasteiger partial charge in [0.2, 0.25) is 0 Å². The summed E-state index contributed by atoms with van der Waals surface area (Å²) in [6, 6.07) is 11.8. The van der Waals surface area contributed by atoms with Crippen molar-refractivity contribution in [1.29, 1.82) is 0 Å². The Labute approximate surface area is 137 Å². The van der Waals surface area contributed by atoms with E-state index < -0.39 is 0 Å². The Morgan fingerprint density at radius 1 is 1.17 bits per heavy atom. The molecule has 0 saturated carbocycles. The summed E-state index contributed by atoms with van der Waals surface area (Å²) in [6.45, 7) is 0. The zero-order valence-electron chi connectivity index (χ0n) is 12.1. The van der Waals surface area contributed by atoms with Crippen molar-refractivity contribution in [2.75, 3.05) is 5.32 Å². The first-order valence-corrected chi connectivity index (χ1v) is 7.93. The molecule has 1 aromatic carbocycles. The molecule has 0 aliphatic carbocycles. The van der Waals surface area contributed by atoms with Gasteiger partial charge in [-0.3, -0.25) is 0 Å². The van der Waals surface area contributed by atoms with Crippen LogP contribution in [0.15, 0.2) is 54.3 Å². The molecule has 0 bridgehead atoms. The Morgan fingerprint density at radius 3 is 2.96 bits per heavy atom. The average Bonchev–Trinajstić information content (AvgIpc) is 3.24. The second-order valence-electron chi connectivity index (χ2n) is 4.98. The third-order valence-electron chi connectivity index (χ3n) is 3.55. The van der Waals surface area contributed by atoms with Gasteiger partial charge in [0.15, 0.2) is 0 Å². The summed E-state index contributed by atoms with van der Waals surface area (Å²) in [5.74, 6) is 3.40. The monoisotopic (exact) mass is 316 g/mol. The number of aromatic nitrogens is 3. The fraction of sp³-hybridized carbons (Fsp3) is 0. The lowest BCUT2D eigenvalue weighted by Gasteiger charge is -2.08. The van der Waals surface area contributed by atoms with Crippen molar-refractivity contribution in [2.45, 2.75) is 0 Å². The maximum absolute atomic E-state index is 5.47. The average molecular weight is 316 g/mol. The zero-order chi connectivity index (χ0) is 15.6. The van der Waals surface area contributed by atoms with E-state index in [2.05, 4.69) is 37.6 Å². The minimum atomic E-state index is 0.758. The highest BCUT2D eigenvalue weighted by molar-refractivity contribution is 7.13. The first-order chi connectivity index (χ1) is 11.3. The van der Waals surface area contributed by atoms with E-state index >= 15 is 0 Å². The summed E-state index contributed by atoms with van der Waals surface area (Å²) in [4.78, 5) is 13.1. The minimum Gasteiger partial charge on any atom is -0.345 e. The fourth-order valence-corrected chi connectivity index (χ4v) is 3.26. The van der Waals surface area contributed by atoms with Crippen molar-refractivity contribution in [3.63, 3.8) is 0 Å². The van der Waals surface area contributed by atoms with Crippen LogP contribution in [-0.2, 0) is 0 Å². The van der Waals surface area contributed by atoms with Crippen LogP contribution in [-0.4, -0.2) is 15.0 Å². The van der Waals surface area contributed by atoms with Crippen LogP contribution in [0.1, 0.15) is 5.56 Å². The number of fused-ring (bicyclic) bond motifs is 1. The summed E-state index contributed by atoms with van der Waals surface area (Å²) in [5.41, 5.74) is 3.62. The quantitative estimate of drug-likeness (QED) is 0.550. The topological polar surface area (TPSA) is 53.6 Å². The van der Waals surface area contributed by atoms with E-state index in [1.807, 2.05) is 36.5 Å². The van der Waals surface area contributed by atoms with Gasteiger partial charge >= 0.3 is 0 Å². The van der Waals surface area contributed by atoms with E-state index in [1.54, 1.807) is 17.7 Å². The highest BCUT2D eigenvalue weighted by atomic mass is 32.1. The molecule has 0 aliphatic heterocycles. The van der Waals surface area contributed by atoms with E-state index in [0.29, 0.717) is 0 Å². The number of thiophene rings is 1. The molecule has 0 spiro atoms. The van der Waals surface area contributed by atoms with E-state index in [4.69, 9.17) is 6.42 Å². The predicted molar refractivity (Wildman–Crippen MR) is 94.9 cm³/mol. The molecule has 4 aromatic rings. The van der Waals surface area contributed by atoms with Gasteiger partial charge < -0.3 is 10.3 Å². The number of anilines is 2. The second-order valence-corrected chi connectivity index (χ2v) is 5.92. The van der Waals surface area contributed by atoms with Gasteiger partial charge in [-0.25, -0.2) is 9.97 Å². The van der Waals surface area contributed by atoms with Crippen LogP contribution in [0, 0.1) is 12.3 Å². The largest absolute Gasteiger partial charge is 0.345 e. The number of hydrogen-bond acceptors (Lipinski definition) is 4. The van der Waals surface area contributed by atoms with Crippen molar-refractivity contribution >= 4 is 33.9 Å². The molecule has 110 valence electrons. The number of nitrogens with one attached hydrogen (secondary N) is 2. The maximum atomic E-state index is 5.47. The first kappa shape index (κ1) is 13.6. The Hall–Kier alpha value is -3.10. The molecule has 3 aromatic heterocycles. The van der Waals surface area contributed by atoms with Crippen LogP contribution in [0.3, 0.4) is 0 Å². The Bertz CT molecular complexity index is 1010. The van der Waals surface area contributed by atoms with E-state index in [1.165, 1.54) is 4.88 Å². The van der Waals surface area contributed by atoms with Crippen LogP contribution in [0.25, 0.3) is 21.5 Å². The molecular weight excluding hydrogens is 304 g/mol. The van der Waals surface area contributed by atoms with Gasteiger partial charge in [-0.2, -0.15) is 0 Å². The fourth-order valence-electron chi connectivity index (χ4n) is 2.51. The lowest BCUT2D eigenvalue weighted by atomic mass is 10.2. The van der Waals surface area contributed by atoms with Gasteiger partial charge in [0.05, 0.1) is 5.39 Å². The number of nitrogens with zero attached hydrogens (tertiary/aromatic N) is 2. The Kier molecular flexibility index (Phi) is 3.30. The molecule has 0 saturated heterocycles. The molecule has 0 aliphatic rings. The van der Waals surface area contributed by atoms with Gasteiger partial charge in [0.25, 0.3) is 0 Å². The summed E-state index contributed by atoms with van der Waals surface area (Å²) in [5, 5.41) is 6.38. The normalized spacial score (nSPS) is 10.6. The lowest BCUT2D eigenvalue weighted by Crippen LogP contribution is -1.96. The van der Waals surface area contributed by atoms with E-state index in [0.717, 1.165) is 33.7 Å². The summed E-state index contributed by atoms with van der Waals surface area (Å²) >= 11 is 1.69. The molecule has 0 atom stereocenters. The van der Waals surface area contributed by atoms with Crippen LogP contribution in [0.4, 0.5) is 11.5 Å². The Morgan fingerprint density at radius 2 is 2.13 bits per heavy atom. The first-order valence-electron chi connectivity index (χ1n) is 7.05. The molecule has 0 unspecified atom stereocenters. The smallest absolute Gasteiger partial charge is 0.143 e. The SMILES string of the molecule is C#Cc1cccc(Nc2ncnc3[nH]cc(-c4cccs4)c23)c1. The highest BCUT2D eigenvalue weighted by Crippen LogP contribution is 2.35. The van der Waals surface area contributed by atoms with Gasteiger partial charge in [0, 0.05) is 27.9 Å². The number of benzene rings is 1. The van der Waals surface area contributed by atoms with Crippen LogP contribution < -0.4 is 5.32 Å². The molecular formula is C18H12N4S. The number of H-pyrrole nitrogens is 1. The van der Waals surface area contributed by atoms with Crippen molar-refractivity contribution in [2.24, 2.45) is 0 Å². The maximum Gasteiger partial charge on any atom is 0.143 e.